The van der Waals surface area contributed by atoms with Gasteiger partial charge in [-0.25, -0.2) is 8.42 Å². The summed E-state index contributed by atoms with van der Waals surface area (Å²) in [7, 11) is -2.26. The zero-order valence-corrected chi connectivity index (χ0v) is 15.3. The molecule has 0 radical (unpaired) electrons. The number of aryl methyl sites for hydroxylation is 1. The monoisotopic (exact) mass is 362 g/mol. The molecule has 1 saturated carbocycles. The Morgan fingerprint density at radius 1 is 1.32 bits per heavy atom. The lowest BCUT2D eigenvalue weighted by Crippen LogP contribution is -2.27. The summed E-state index contributed by atoms with van der Waals surface area (Å²) in [6.45, 7) is 4.00. The van der Waals surface area contributed by atoms with Gasteiger partial charge in [-0.1, -0.05) is 13.0 Å². The minimum Gasteiger partial charge on any atom is -0.464 e. The number of carbonyl (C=O) groups is 1. The van der Waals surface area contributed by atoms with Crippen LogP contribution in [0.25, 0.3) is 0 Å². The number of nitrogens with two attached hydrogens (primary N) is 1. The lowest BCUT2D eigenvalue weighted by Gasteiger charge is -2.17. The number of nitrogens with zero attached hydrogens (tertiary/aromatic N) is 1. The molecule has 2 N–H and O–H groups in total. The number of carbonyl (C=O) groups excluding carboxylic acids is 1. The van der Waals surface area contributed by atoms with Crippen molar-refractivity contribution < 1.29 is 17.6 Å². The number of hydrogen-bond acceptors (Lipinski definition) is 4. The third-order valence-corrected chi connectivity index (χ3v) is 6.52. The normalized spacial score (nSPS) is 20.0. The Hall–Kier alpha value is -2.12. The summed E-state index contributed by atoms with van der Waals surface area (Å²) < 4.78 is 32.5. The first kappa shape index (κ1) is 17.7. The summed E-state index contributed by atoms with van der Waals surface area (Å²) in [6.07, 6.45) is 1.11. The molecule has 1 heterocycles. The first-order valence-corrected chi connectivity index (χ1v) is 9.59. The van der Waals surface area contributed by atoms with Gasteiger partial charge in [0.2, 0.25) is 15.9 Å². The molecule has 7 heteroatoms. The van der Waals surface area contributed by atoms with E-state index in [1.807, 2.05) is 12.1 Å². The summed E-state index contributed by atoms with van der Waals surface area (Å²) in [5.74, 6) is 1.94. The molecule has 1 aromatic heterocycles. The molecule has 2 unspecified atom stereocenters. The maximum Gasteiger partial charge on any atom is 0.249 e. The Bertz CT molecular complexity index is 917. The van der Waals surface area contributed by atoms with Crippen LogP contribution in [0.2, 0.25) is 0 Å². The van der Waals surface area contributed by atoms with E-state index in [1.54, 1.807) is 13.0 Å². The Kier molecular flexibility index (Phi) is 4.47. The predicted octanol–water partition coefficient (Wildman–Crippen LogP) is 2.63. The third kappa shape index (κ3) is 3.48. The van der Waals surface area contributed by atoms with Crippen molar-refractivity contribution in [1.82, 2.24) is 4.31 Å². The van der Waals surface area contributed by atoms with Crippen molar-refractivity contribution in [3.63, 3.8) is 0 Å². The van der Waals surface area contributed by atoms with Crippen molar-refractivity contribution in [2.75, 3.05) is 7.05 Å². The Morgan fingerprint density at radius 2 is 2.00 bits per heavy atom. The van der Waals surface area contributed by atoms with Gasteiger partial charge in [-0.2, -0.15) is 4.31 Å². The van der Waals surface area contributed by atoms with Crippen molar-refractivity contribution in [2.24, 2.45) is 11.7 Å². The fraction of sp³-hybridized carbons (Fsp3) is 0.389. The van der Waals surface area contributed by atoms with Crippen molar-refractivity contribution in [2.45, 2.75) is 37.6 Å². The summed E-state index contributed by atoms with van der Waals surface area (Å²) in [4.78, 5) is 11.5. The van der Waals surface area contributed by atoms with Gasteiger partial charge in [0, 0.05) is 18.5 Å². The Balaban J connectivity index is 1.80. The molecule has 1 aliphatic carbocycles. The van der Waals surface area contributed by atoms with Crippen LogP contribution < -0.4 is 5.73 Å². The minimum absolute atomic E-state index is 0.0389. The zero-order chi connectivity index (χ0) is 18.4. The van der Waals surface area contributed by atoms with Gasteiger partial charge >= 0.3 is 0 Å². The lowest BCUT2D eigenvalue weighted by atomic mass is 10.1. The summed E-state index contributed by atoms with van der Waals surface area (Å²) in [6, 6.07) is 8.12. The van der Waals surface area contributed by atoms with Gasteiger partial charge in [0.05, 0.1) is 11.4 Å². The van der Waals surface area contributed by atoms with Gasteiger partial charge in [0.15, 0.2) is 0 Å². The molecule has 2 atom stereocenters. The van der Waals surface area contributed by atoms with E-state index in [1.165, 1.54) is 23.5 Å². The van der Waals surface area contributed by atoms with Crippen molar-refractivity contribution in [3.05, 3.63) is 53.0 Å². The molecule has 25 heavy (non-hydrogen) atoms. The molecule has 0 spiro atoms. The predicted molar refractivity (Wildman–Crippen MR) is 93.6 cm³/mol. The number of hydrogen-bond donors (Lipinski definition) is 1. The van der Waals surface area contributed by atoms with E-state index in [0.29, 0.717) is 23.2 Å². The molecule has 0 aliphatic heterocycles. The van der Waals surface area contributed by atoms with Crippen LogP contribution in [-0.2, 0) is 16.6 Å². The molecule has 1 fully saturated rings. The van der Waals surface area contributed by atoms with Crippen LogP contribution in [0.1, 0.15) is 46.7 Å². The highest BCUT2D eigenvalue weighted by Gasteiger charge is 2.36. The zero-order valence-electron chi connectivity index (χ0n) is 14.5. The molecule has 1 aromatic carbocycles. The van der Waals surface area contributed by atoms with E-state index in [2.05, 4.69) is 6.92 Å². The van der Waals surface area contributed by atoms with E-state index in [-0.39, 0.29) is 17.0 Å². The van der Waals surface area contributed by atoms with Gasteiger partial charge in [-0.15, -0.1) is 0 Å². The van der Waals surface area contributed by atoms with E-state index in [9.17, 15) is 13.2 Å². The average molecular weight is 362 g/mol. The number of benzene rings is 1. The standard InChI is InChI=1S/C18H22N2O4S/c1-11-4-6-14(9-16(11)18(19)21)25(22,23)20(3)10-13-5-7-17(24-13)15-8-12(15)2/h4-7,9,12,15H,8,10H2,1-3H3,(H2,19,21). The minimum atomic E-state index is -3.75. The van der Waals surface area contributed by atoms with Gasteiger partial charge in [-0.3, -0.25) is 4.79 Å². The maximum absolute atomic E-state index is 12.8. The SMILES string of the molecule is Cc1ccc(S(=O)(=O)N(C)Cc2ccc(C3CC3C)o2)cc1C(N)=O. The highest BCUT2D eigenvalue weighted by atomic mass is 32.2. The third-order valence-electron chi connectivity index (χ3n) is 4.72. The molecular weight excluding hydrogens is 340 g/mol. The molecular formula is C18H22N2O4S. The van der Waals surface area contributed by atoms with Crippen LogP contribution in [0.3, 0.4) is 0 Å². The largest absolute Gasteiger partial charge is 0.464 e. The number of sulfonamides is 1. The van der Waals surface area contributed by atoms with Gasteiger partial charge in [-0.05, 0) is 49.1 Å². The Morgan fingerprint density at radius 3 is 2.60 bits per heavy atom. The first-order valence-electron chi connectivity index (χ1n) is 8.15. The quantitative estimate of drug-likeness (QED) is 0.855. The number of furan rings is 1. The molecule has 0 saturated heterocycles. The summed E-state index contributed by atoms with van der Waals surface area (Å²) in [5.41, 5.74) is 6.16. The second-order valence-electron chi connectivity index (χ2n) is 6.73. The van der Waals surface area contributed by atoms with E-state index in [4.69, 9.17) is 10.2 Å². The highest BCUT2D eigenvalue weighted by Crippen LogP contribution is 2.47. The summed E-state index contributed by atoms with van der Waals surface area (Å²) in [5, 5.41) is 0. The Labute approximate surface area is 147 Å². The smallest absolute Gasteiger partial charge is 0.249 e. The van der Waals surface area contributed by atoms with E-state index >= 15 is 0 Å². The molecule has 2 aromatic rings. The molecule has 1 aliphatic rings. The van der Waals surface area contributed by atoms with E-state index in [0.717, 1.165) is 12.2 Å². The summed E-state index contributed by atoms with van der Waals surface area (Å²) >= 11 is 0. The molecule has 134 valence electrons. The van der Waals surface area contributed by atoms with Gasteiger partial charge in [0.1, 0.15) is 11.5 Å². The number of primary amides is 1. The number of rotatable bonds is 6. The van der Waals surface area contributed by atoms with Crippen LogP contribution >= 0.6 is 0 Å². The molecule has 0 bridgehead atoms. The van der Waals surface area contributed by atoms with Crippen molar-refractivity contribution in [1.29, 1.82) is 0 Å². The van der Waals surface area contributed by atoms with Gasteiger partial charge in [0.25, 0.3) is 0 Å². The van der Waals surface area contributed by atoms with E-state index < -0.39 is 15.9 Å². The molecule has 6 nitrogen and oxygen atoms in total. The van der Waals surface area contributed by atoms with Crippen molar-refractivity contribution >= 4 is 15.9 Å². The highest BCUT2D eigenvalue weighted by molar-refractivity contribution is 7.89. The van der Waals surface area contributed by atoms with Crippen LogP contribution in [0, 0.1) is 12.8 Å². The fourth-order valence-corrected chi connectivity index (χ4v) is 4.07. The first-order chi connectivity index (χ1) is 11.7. The molecule has 3 rings (SSSR count). The second kappa shape index (κ2) is 6.31. The molecule has 1 amide bonds. The lowest BCUT2D eigenvalue weighted by molar-refractivity contribution is 0.0999. The van der Waals surface area contributed by atoms with Crippen LogP contribution in [0.4, 0.5) is 0 Å². The van der Waals surface area contributed by atoms with Crippen LogP contribution in [0.15, 0.2) is 39.6 Å². The van der Waals surface area contributed by atoms with Crippen molar-refractivity contribution in [3.8, 4) is 0 Å². The van der Waals surface area contributed by atoms with Crippen LogP contribution in [0.5, 0.6) is 0 Å². The maximum atomic E-state index is 12.8. The fourth-order valence-electron chi connectivity index (χ4n) is 2.91. The number of amides is 1. The second-order valence-corrected chi connectivity index (χ2v) is 8.77. The van der Waals surface area contributed by atoms with Crippen LogP contribution in [-0.4, -0.2) is 25.7 Å². The topological polar surface area (TPSA) is 93.6 Å². The average Bonchev–Trinajstić information content (AvgIpc) is 3.09. The van der Waals surface area contributed by atoms with Gasteiger partial charge < -0.3 is 10.2 Å².